The highest BCUT2D eigenvalue weighted by atomic mass is 16.5. The third kappa shape index (κ3) is 3.30. The summed E-state index contributed by atoms with van der Waals surface area (Å²) in [6.45, 7) is 10.8. The lowest BCUT2D eigenvalue weighted by atomic mass is 9.95. The number of rotatable bonds is 4. The molecule has 0 unspecified atom stereocenters. The number of hydrogen-bond acceptors (Lipinski definition) is 6. The summed E-state index contributed by atoms with van der Waals surface area (Å²) >= 11 is 0. The van der Waals surface area contributed by atoms with Crippen LogP contribution >= 0.6 is 0 Å². The average Bonchev–Trinajstić information content (AvgIpc) is 2.87. The van der Waals surface area contributed by atoms with Crippen LogP contribution in [0.3, 0.4) is 0 Å². The van der Waals surface area contributed by atoms with E-state index in [2.05, 4.69) is 20.5 Å². The summed E-state index contributed by atoms with van der Waals surface area (Å²) < 4.78 is 7.63. The van der Waals surface area contributed by atoms with Crippen molar-refractivity contribution in [2.45, 2.75) is 46.6 Å². The largest absolute Gasteiger partial charge is 0.435 e. The molecule has 0 aromatic carbocycles. The number of nitrogen functional groups attached to an aromatic ring is 1. The van der Waals surface area contributed by atoms with E-state index in [0.717, 1.165) is 12.1 Å². The van der Waals surface area contributed by atoms with Gasteiger partial charge >= 0.3 is 0 Å². The number of ether oxygens (including phenoxy) is 1. The number of hydrogen-bond donors (Lipinski definition) is 2. The molecule has 7 heteroatoms. The Kier molecular flexibility index (Phi) is 4.13. The fourth-order valence-corrected chi connectivity index (χ4v) is 1.75. The van der Waals surface area contributed by atoms with Crippen LogP contribution in [0.25, 0.3) is 0 Å². The minimum atomic E-state index is -0.203. The summed E-state index contributed by atoms with van der Waals surface area (Å²) in [6, 6.07) is 0. The lowest BCUT2D eigenvalue weighted by Gasteiger charge is -2.19. The van der Waals surface area contributed by atoms with Crippen molar-refractivity contribution in [3.05, 3.63) is 23.8 Å². The van der Waals surface area contributed by atoms with E-state index in [0.29, 0.717) is 23.3 Å². The standard InChI is InChI=1S/C14H22N6O/c1-6-20-8-10(7-16-20)21-12-9(2)11(19-15)17-13(18-12)14(3,4)5/h7-8H,6,15H2,1-5H3,(H,17,18,19). The van der Waals surface area contributed by atoms with E-state index < -0.39 is 0 Å². The zero-order chi connectivity index (χ0) is 15.6. The number of nitrogens with one attached hydrogen (secondary N) is 1. The fourth-order valence-electron chi connectivity index (χ4n) is 1.75. The molecule has 2 heterocycles. The maximum Gasteiger partial charge on any atom is 0.227 e. The highest BCUT2D eigenvalue weighted by molar-refractivity contribution is 5.49. The summed E-state index contributed by atoms with van der Waals surface area (Å²) in [5.41, 5.74) is 3.15. The maximum atomic E-state index is 5.84. The molecule has 2 aromatic heterocycles. The minimum absolute atomic E-state index is 0.203. The van der Waals surface area contributed by atoms with Crippen molar-refractivity contribution < 1.29 is 4.74 Å². The second-order valence-electron chi connectivity index (χ2n) is 5.85. The topological polar surface area (TPSA) is 90.9 Å². The van der Waals surface area contributed by atoms with Crippen LogP contribution in [0.4, 0.5) is 5.82 Å². The fraction of sp³-hybridized carbons (Fsp3) is 0.500. The molecule has 0 saturated carbocycles. The van der Waals surface area contributed by atoms with Gasteiger partial charge in [0.2, 0.25) is 5.88 Å². The van der Waals surface area contributed by atoms with Gasteiger partial charge in [0.15, 0.2) is 11.6 Å². The lowest BCUT2D eigenvalue weighted by molar-refractivity contribution is 0.441. The Balaban J connectivity index is 2.41. The molecule has 114 valence electrons. The normalized spacial score (nSPS) is 11.5. The first-order valence-corrected chi connectivity index (χ1v) is 6.91. The molecule has 2 aromatic rings. The molecule has 0 saturated heterocycles. The van der Waals surface area contributed by atoms with Gasteiger partial charge in [-0.1, -0.05) is 20.8 Å². The second kappa shape index (κ2) is 5.69. The molecule has 0 atom stereocenters. The summed E-state index contributed by atoms with van der Waals surface area (Å²) in [5, 5.41) is 4.18. The van der Waals surface area contributed by atoms with Crippen LogP contribution in [0.5, 0.6) is 11.6 Å². The van der Waals surface area contributed by atoms with Gasteiger partial charge in [-0.15, -0.1) is 0 Å². The van der Waals surface area contributed by atoms with Gasteiger partial charge in [-0.3, -0.25) is 4.68 Å². The smallest absolute Gasteiger partial charge is 0.227 e. The van der Waals surface area contributed by atoms with Gasteiger partial charge in [-0.25, -0.2) is 10.8 Å². The molecule has 21 heavy (non-hydrogen) atoms. The predicted octanol–water partition coefficient (Wildman–Crippen LogP) is 2.38. The van der Waals surface area contributed by atoms with E-state index in [1.807, 2.05) is 40.8 Å². The van der Waals surface area contributed by atoms with Crippen LogP contribution in [0, 0.1) is 6.92 Å². The monoisotopic (exact) mass is 290 g/mol. The quantitative estimate of drug-likeness (QED) is 0.663. The number of hydrazine groups is 1. The Morgan fingerprint density at radius 2 is 2.05 bits per heavy atom. The summed E-state index contributed by atoms with van der Waals surface area (Å²) in [6.07, 6.45) is 3.49. The third-order valence-electron chi connectivity index (χ3n) is 3.06. The minimum Gasteiger partial charge on any atom is -0.435 e. The van der Waals surface area contributed by atoms with Crippen molar-refractivity contribution in [2.24, 2.45) is 5.84 Å². The Morgan fingerprint density at radius 1 is 1.33 bits per heavy atom. The average molecular weight is 290 g/mol. The SMILES string of the molecule is CCn1cc(Oc2nc(C(C)(C)C)nc(NN)c2C)cn1. The molecule has 0 fully saturated rings. The van der Waals surface area contributed by atoms with Gasteiger partial charge < -0.3 is 10.2 Å². The van der Waals surface area contributed by atoms with E-state index in [4.69, 9.17) is 10.6 Å². The van der Waals surface area contributed by atoms with Gasteiger partial charge in [0.25, 0.3) is 0 Å². The Hall–Kier alpha value is -2.15. The van der Waals surface area contributed by atoms with Crippen molar-refractivity contribution >= 4 is 5.82 Å². The molecule has 0 spiro atoms. The first-order chi connectivity index (χ1) is 9.85. The molecule has 0 amide bonds. The van der Waals surface area contributed by atoms with Crippen LogP contribution in [0.15, 0.2) is 12.4 Å². The van der Waals surface area contributed by atoms with Crippen LogP contribution in [0.1, 0.15) is 39.1 Å². The summed E-state index contributed by atoms with van der Waals surface area (Å²) in [7, 11) is 0. The first kappa shape index (κ1) is 15.2. The molecular weight excluding hydrogens is 268 g/mol. The second-order valence-corrected chi connectivity index (χ2v) is 5.85. The predicted molar refractivity (Wildman–Crippen MR) is 81.3 cm³/mol. The summed E-state index contributed by atoms with van der Waals surface area (Å²) in [5.74, 6) is 7.89. The molecule has 2 rings (SSSR count). The van der Waals surface area contributed by atoms with Gasteiger partial charge in [-0.2, -0.15) is 10.1 Å². The van der Waals surface area contributed by atoms with Gasteiger partial charge in [-0.05, 0) is 13.8 Å². The van der Waals surface area contributed by atoms with Crippen molar-refractivity contribution in [1.29, 1.82) is 0 Å². The van der Waals surface area contributed by atoms with Gasteiger partial charge in [0.05, 0.1) is 18.0 Å². The number of nitrogens with zero attached hydrogens (tertiary/aromatic N) is 4. The summed E-state index contributed by atoms with van der Waals surface area (Å²) in [4.78, 5) is 8.95. The molecule has 0 aliphatic heterocycles. The number of aromatic nitrogens is 4. The molecule has 0 bridgehead atoms. The third-order valence-corrected chi connectivity index (χ3v) is 3.06. The molecule has 7 nitrogen and oxygen atoms in total. The van der Waals surface area contributed by atoms with Crippen LogP contribution in [-0.2, 0) is 12.0 Å². The molecule has 0 radical (unpaired) electrons. The number of nitrogens with two attached hydrogens (primary N) is 1. The highest BCUT2D eigenvalue weighted by Gasteiger charge is 2.22. The van der Waals surface area contributed by atoms with E-state index >= 15 is 0 Å². The zero-order valence-corrected chi connectivity index (χ0v) is 13.1. The van der Waals surface area contributed by atoms with E-state index in [-0.39, 0.29) is 5.41 Å². The van der Waals surface area contributed by atoms with Crippen molar-refractivity contribution in [3.8, 4) is 11.6 Å². The van der Waals surface area contributed by atoms with E-state index in [9.17, 15) is 0 Å². The molecule has 3 N–H and O–H groups in total. The molecule has 0 aliphatic rings. The zero-order valence-electron chi connectivity index (χ0n) is 13.1. The van der Waals surface area contributed by atoms with Crippen molar-refractivity contribution in [2.75, 3.05) is 5.43 Å². The van der Waals surface area contributed by atoms with Crippen LogP contribution < -0.4 is 16.0 Å². The first-order valence-electron chi connectivity index (χ1n) is 6.91. The maximum absolute atomic E-state index is 5.84. The molecule has 0 aliphatic carbocycles. The highest BCUT2D eigenvalue weighted by Crippen LogP contribution is 2.30. The van der Waals surface area contributed by atoms with Gasteiger partial charge in [0, 0.05) is 12.0 Å². The van der Waals surface area contributed by atoms with E-state index in [1.54, 1.807) is 10.9 Å². The number of aryl methyl sites for hydroxylation is 1. The van der Waals surface area contributed by atoms with Crippen molar-refractivity contribution in [1.82, 2.24) is 19.7 Å². The Morgan fingerprint density at radius 3 is 2.57 bits per heavy atom. The van der Waals surface area contributed by atoms with Crippen molar-refractivity contribution in [3.63, 3.8) is 0 Å². The number of anilines is 1. The Bertz CT molecular complexity index is 629. The van der Waals surface area contributed by atoms with Crippen LogP contribution in [-0.4, -0.2) is 19.7 Å². The molecular formula is C14H22N6O. The van der Waals surface area contributed by atoms with Crippen LogP contribution in [0.2, 0.25) is 0 Å². The van der Waals surface area contributed by atoms with E-state index in [1.165, 1.54) is 0 Å². The van der Waals surface area contributed by atoms with Gasteiger partial charge in [0.1, 0.15) is 5.82 Å². The lowest BCUT2D eigenvalue weighted by Crippen LogP contribution is -2.20. The Labute approximate surface area is 124 Å².